The number of hydrogen-bond donors (Lipinski definition) is 1. The smallest absolute Gasteiger partial charge is 0.194 e. The largest absolute Gasteiger partial charge is 0.497 e. The molecule has 0 radical (unpaired) electrons. The maximum absolute atomic E-state index is 5.19. The number of benzene rings is 1. The average Bonchev–Trinajstić information content (AvgIpc) is 3.07. The van der Waals surface area contributed by atoms with E-state index in [1.165, 1.54) is 10.6 Å². The number of methoxy groups -OCH3 is 1. The molecular formula is C15H17N3OS2. The van der Waals surface area contributed by atoms with Gasteiger partial charge in [-0.15, -0.1) is 11.3 Å². The zero-order valence-corrected chi connectivity index (χ0v) is 13.6. The van der Waals surface area contributed by atoms with Crippen LogP contribution in [0.3, 0.4) is 0 Å². The van der Waals surface area contributed by atoms with Gasteiger partial charge in [0.05, 0.1) is 12.8 Å². The Morgan fingerprint density at radius 2 is 2.14 bits per heavy atom. The van der Waals surface area contributed by atoms with Crippen molar-refractivity contribution in [1.29, 1.82) is 0 Å². The second-order valence-electron chi connectivity index (χ2n) is 4.48. The molecule has 110 valence electrons. The fourth-order valence-corrected chi connectivity index (χ4v) is 3.76. The summed E-state index contributed by atoms with van der Waals surface area (Å²) in [5.41, 5.74) is 1.22. The molecule has 0 amide bonds. The van der Waals surface area contributed by atoms with Crippen LogP contribution in [0.5, 0.6) is 5.75 Å². The molecule has 0 aliphatic heterocycles. The Bertz CT molecular complexity index is 718. The maximum Gasteiger partial charge on any atom is 0.194 e. The third kappa shape index (κ3) is 3.07. The summed E-state index contributed by atoms with van der Waals surface area (Å²) in [6.45, 7) is 3.89. The SMILES string of the molecule is CCNCc1c(Sc2ccc(OC)cc2)nc2sccn12. The van der Waals surface area contributed by atoms with Crippen LogP contribution in [0, 0.1) is 0 Å². The summed E-state index contributed by atoms with van der Waals surface area (Å²) >= 11 is 3.36. The molecule has 0 saturated carbocycles. The summed E-state index contributed by atoms with van der Waals surface area (Å²) in [5, 5.41) is 6.52. The van der Waals surface area contributed by atoms with Crippen LogP contribution in [-0.4, -0.2) is 23.0 Å². The monoisotopic (exact) mass is 319 g/mol. The third-order valence-corrected chi connectivity index (χ3v) is 4.93. The molecular weight excluding hydrogens is 302 g/mol. The molecule has 0 atom stereocenters. The van der Waals surface area contributed by atoms with Crippen molar-refractivity contribution in [1.82, 2.24) is 14.7 Å². The lowest BCUT2D eigenvalue weighted by Crippen LogP contribution is -2.13. The fraction of sp³-hybridized carbons (Fsp3) is 0.267. The molecule has 21 heavy (non-hydrogen) atoms. The van der Waals surface area contributed by atoms with Crippen LogP contribution in [0.25, 0.3) is 4.96 Å². The van der Waals surface area contributed by atoms with Crippen molar-refractivity contribution in [3.05, 3.63) is 41.5 Å². The van der Waals surface area contributed by atoms with Gasteiger partial charge in [-0.1, -0.05) is 18.7 Å². The van der Waals surface area contributed by atoms with E-state index in [1.807, 2.05) is 12.1 Å². The predicted octanol–water partition coefficient (Wildman–Crippen LogP) is 3.67. The highest BCUT2D eigenvalue weighted by Crippen LogP contribution is 2.32. The van der Waals surface area contributed by atoms with Crippen molar-refractivity contribution < 1.29 is 4.74 Å². The minimum absolute atomic E-state index is 0.826. The standard InChI is InChI=1S/C15H17N3OS2/c1-3-16-10-13-14(17-15-18(13)8-9-20-15)21-12-6-4-11(19-2)5-7-12/h4-9,16H,3,10H2,1-2H3. The molecule has 1 N–H and O–H groups in total. The first-order valence-corrected chi connectivity index (χ1v) is 8.48. The van der Waals surface area contributed by atoms with Crippen LogP contribution < -0.4 is 10.1 Å². The molecule has 0 saturated heterocycles. The van der Waals surface area contributed by atoms with Gasteiger partial charge < -0.3 is 10.1 Å². The van der Waals surface area contributed by atoms with Gasteiger partial charge in [0.15, 0.2) is 4.96 Å². The number of nitrogens with zero attached hydrogens (tertiary/aromatic N) is 2. The lowest BCUT2D eigenvalue weighted by molar-refractivity contribution is 0.414. The number of imidazole rings is 1. The molecule has 2 heterocycles. The van der Waals surface area contributed by atoms with Gasteiger partial charge in [-0.25, -0.2) is 4.98 Å². The van der Waals surface area contributed by atoms with Crippen molar-refractivity contribution in [3.63, 3.8) is 0 Å². The Labute approximate surface area is 132 Å². The van der Waals surface area contributed by atoms with E-state index in [-0.39, 0.29) is 0 Å². The summed E-state index contributed by atoms with van der Waals surface area (Å²) in [4.78, 5) is 6.94. The van der Waals surface area contributed by atoms with Crippen LogP contribution in [0.4, 0.5) is 0 Å². The van der Waals surface area contributed by atoms with Gasteiger partial charge in [-0.2, -0.15) is 0 Å². The minimum atomic E-state index is 0.826. The number of thiazole rings is 1. The maximum atomic E-state index is 5.19. The Hall–Kier alpha value is -1.50. The number of hydrogen-bond acceptors (Lipinski definition) is 5. The first kappa shape index (κ1) is 14.4. The summed E-state index contributed by atoms with van der Waals surface area (Å²) < 4.78 is 7.36. The number of fused-ring (bicyclic) bond motifs is 1. The van der Waals surface area contributed by atoms with Gasteiger partial charge in [-0.05, 0) is 30.8 Å². The van der Waals surface area contributed by atoms with E-state index in [4.69, 9.17) is 9.72 Å². The fourth-order valence-electron chi connectivity index (χ4n) is 2.05. The van der Waals surface area contributed by atoms with E-state index in [0.29, 0.717) is 0 Å². The van der Waals surface area contributed by atoms with E-state index < -0.39 is 0 Å². The van der Waals surface area contributed by atoms with Crippen LogP contribution in [-0.2, 0) is 6.54 Å². The highest BCUT2D eigenvalue weighted by atomic mass is 32.2. The van der Waals surface area contributed by atoms with Crippen molar-refractivity contribution >= 4 is 28.1 Å². The van der Waals surface area contributed by atoms with Crippen molar-refractivity contribution in [2.75, 3.05) is 13.7 Å². The first-order chi connectivity index (χ1) is 10.3. The summed E-state index contributed by atoms with van der Waals surface area (Å²) in [5.74, 6) is 0.873. The van der Waals surface area contributed by atoms with Gasteiger partial charge in [0, 0.05) is 23.0 Å². The van der Waals surface area contributed by atoms with Crippen LogP contribution >= 0.6 is 23.1 Å². The van der Waals surface area contributed by atoms with Crippen molar-refractivity contribution in [2.45, 2.75) is 23.4 Å². The molecule has 0 fully saturated rings. The summed E-state index contributed by atoms with van der Waals surface area (Å²) in [6.07, 6.45) is 2.08. The first-order valence-electron chi connectivity index (χ1n) is 6.79. The number of rotatable bonds is 6. The topological polar surface area (TPSA) is 38.6 Å². The minimum Gasteiger partial charge on any atom is -0.497 e. The van der Waals surface area contributed by atoms with Gasteiger partial charge in [0.2, 0.25) is 0 Å². The molecule has 0 spiro atoms. The van der Waals surface area contributed by atoms with E-state index in [2.05, 4.69) is 40.4 Å². The van der Waals surface area contributed by atoms with Crippen molar-refractivity contribution in [3.8, 4) is 5.75 Å². The lowest BCUT2D eigenvalue weighted by Gasteiger charge is -2.05. The molecule has 4 nitrogen and oxygen atoms in total. The molecule has 0 unspecified atom stereocenters. The lowest BCUT2D eigenvalue weighted by atomic mass is 10.3. The van der Waals surface area contributed by atoms with E-state index in [0.717, 1.165) is 28.8 Å². The molecule has 6 heteroatoms. The summed E-state index contributed by atoms with van der Waals surface area (Å²) in [6, 6.07) is 8.08. The molecule has 3 rings (SSSR count). The normalized spacial score (nSPS) is 11.1. The van der Waals surface area contributed by atoms with Gasteiger partial charge in [0.1, 0.15) is 10.8 Å². The quantitative estimate of drug-likeness (QED) is 0.752. The van der Waals surface area contributed by atoms with E-state index in [9.17, 15) is 0 Å². The Morgan fingerprint density at radius 1 is 1.33 bits per heavy atom. The molecule has 1 aromatic carbocycles. The highest BCUT2D eigenvalue weighted by molar-refractivity contribution is 7.99. The van der Waals surface area contributed by atoms with E-state index >= 15 is 0 Å². The Kier molecular flexibility index (Phi) is 4.48. The molecule has 0 aliphatic carbocycles. The zero-order chi connectivity index (χ0) is 14.7. The zero-order valence-electron chi connectivity index (χ0n) is 12.0. The van der Waals surface area contributed by atoms with E-state index in [1.54, 1.807) is 30.2 Å². The Morgan fingerprint density at radius 3 is 2.86 bits per heavy atom. The third-order valence-electron chi connectivity index (χ3n) is 3.14. The Balaban J connectivity index is 1.89. The predicted molar refractivity (Wildman–Crippen MR) is 87.6 cm³/mol. The highest BCUT2D eigenvalue weighted by Gasteiger charge is 2.14. The van der Waals surface area contributed by atoms with Gasteiger partial charge >= 0.3 is 0 Å². The number of ether oxygens (including phenoxy) is 1. The van der Waals surface area contributed by atoms with Gasteiger partial charge in [-0.3, -0.25) is 4.40 Å². The molecule has 0 bridgehead atoms. The average molecular weight is 319 g/mol. The second kappa shape index (κ2) is 6.51. The summed E-state index contributed by atoms with van der Waals surface area (Å²) in [7, 11) is 1.68. The van der Waals surface area contributed by atoms with Crippen LogP contribution in [0.15, 0.2) is 45.8 Å². The van der Waals surface area contributed by atoms with Gasteiger partial charge in [0.25, 0.3) is 0 Å². The molecule has 0 aliphatic rings. The second-order valence-corrected chi connectivity index (χ2v) is 6.41. The number of aromatic nitrogens is 2. The van der Waals surface area contributed by atoms with Crippen LogP contribution in [0.1, 0.15) is 12.6 Å². The van der Waals surface area contributed by atoms with Crippen LogP contribution in [0.2, 0.25) is 0 Å². The number of nitrogens with one attached hydrogen (secondary N) is 1. The molecule has 2 aromatic heterocycles. The van der Waals surface area contributed by atoms with Crippen molar-refractivity contribution in [2.24, 2.45) is 0 Å². The molecule has 3 aromatic rings.